The lowest BCUT2D eigenvalue weighted by atomic mass is 9.97. The van der Waals surface area contributed by atoms with Gasteiger partial charge in [-0.15, -0.1) is 10.2 Å². The summed E-state index contributed by atoms with van der Waals surface area (Å²) in [6, 6.07) is 5.99. The van der Waals surface area contributed by atoms with Crippen LogP contribution in [-0.2, 0) is 0 Å². The molecule has 2 amide bonds. The number of likely N-dealkylation sites (tertiary alicyclic amines) is 1. The van der Waals surface area contributed by atoms with Crippen molar-refractivity contribution in [1.82, 2.24) is 20.0 Å². The molecular weight excluding hydrogens is 299 g/mol. The summed E-state index contributed by atoms with van der Waals surface area (Å²) in [6.07, 6.45) is 1.59. The first kappa shape index (κ1) is 15.5. The third-order valence-corrected chi connectivity index (χ3v) is 4.03. The Hall–Kier alpha value is -2.44. The van der Waals surface area contributed by atoms with Gasteiger partial charge >= 0.3 is 6.03 Å². The third-order valence-electron chi connectivity index (χ3n) is 4.03. The molecule has 0 bridgehead atoms. The minimum absolute atomic E-state index is 0.0287. The van der Waals surface area contributed by atoms with Gasteiger partial charge in [0.1, 0.15) is 5.82 Å². The Morgan fingerprint density at radius 1 is 1.22 bits per heavy atom. The molecule has 0 spiro atoms. The zero-order chi connectivity index (χ0) is 16.4. The van der Waals surface area contributed by atoms with Crippen LogP contribution >= 0.6 is 0 Å². The summed E-state index contributed by atoms with van der Waals surface area (Å²) in [5.74, 6) is 0.836. The lowest BCUT2D eigenvalue weighted by Gasteiger charge is -2.32. The van der Waals surface area contributed by atoms with E-state index in [1.54, 1.807) is 31.1 Å². The molecule has 0 unspecified atom stereocenters. The van der Waals surface area contributed by atoms with E-state index in [4.69, 9.17) is 4.42 Å². The molecule has 122 valence electrons. The number of halogens is 1. The molecule has 0 radical (unpaired) electrons. The van der Waals surface area contributed by atoms with Crippen molar-refractivity contribution in [2.75, 3.05) is 27.2 Å². The van der Waals surface area contributed by atoms with Crippen LogP contribution < -0.4 is 0 Å². The summed E-state index contributed by atoms with van der Waals surface area (Å²) >= 11 is 0. The normalized spacial score (nSPS) is 15.7. The molecule has 1 saturated heterocycles. The molecule has 7 heteroatoms. The molecule has 1 aromatic heterocycles. The van der Waals surface area contributed by atoms with Crippen LogP contribution in [0.1, 0.15) is 24.7 Å². The van der Waals surface area contributed by atoms with E-state index in [0.29, 0.717) is 30.4 Å². The third kappa shape index (κ3) is 3.33. The molecule has 0 atom stereocenters. The Labute approximate surface area is 133 Å². The molecule has 1 aliphatic heterocycles. The van der Waals surface area contributed by atoms with Gasteiger partial charge in [-0.3, -0.25) is 0 Å². The van der Waals surface area contributed by atoms with Crippen LogP contribution in [0.25, 0.3) is 11.5 Å². The van der Waals surface area contributed by atoms with Crippen molar-refractivity contribution < 1.29 is 13.6 Å². The Morgan fingerprint density at radius 2 is 1.87 bits per heavy atom. The fraction of sp³-hybridized carbons (Fsp3) is 0.438. The van der Waals surface area contributed by atoms with E-state index < -0.39 is 0 Å². The highest BCUT2D eigenvalue weighted by molar-refractivity contribution is 5.73. The number of aromatic nitrogens is 2. The maximum absolute atomic E-state index is 13.0. The monoisotopic (exact) mass is 318 g/mol. The maximum atomic E-state index is 13.0. The number of hydrogen-bond acceptors (Lipinski definition) is 4. The molecule has 0 N–H and O–H groups in total. The van der Waals surface area contributed by atoms with E-state index in [9.17, 15) is 9.18 Å². The van der Waals surface area contributed by atoms with Crippen LogP contribution in [0.4, 0.5) is 9.18 Å². The standard InChI is InChI=1S/C16H19FN4O2/c1-20(2)16(22)21-9-7-12(8-10-21)15-19-18-14(23-15)11-3-5-13(17)6-4-11/h3-6,12H,7-10H2,1-2H3. The van der Waals surface area contributed by atoms with Crippen molar-refractivity contribution in [2.24, 2.45) is 0 Å². The van der Waals surface area contributed by atoms with Gasteiger partial charge in [0.25, 0.3) is 0 Å². The molecule has 0 saturated carbocycles. The number of benzene rings is 1. The molecule has 2 aromatic rings. The van der Waals surface area contributed by atoms with Gasteiger partial charge in [-0.05, 0) is 37.1 Å². The van der Waals surface area contributed by atoms with Gasteiger partial charge in [-0.1, -0.05) is 0 Å². The number of hydrogen-bond donors (Lipinski definition) is 0. The molecule has 2 heterocycles. The molecular formula is C16H19FN4O2. The molecule has 1 fully saturated rings. The maximum Gasteiger partial charge on any atom is 0.319 e. The number of piperidine rings is 1. The molecule has 23 heavy (non-hydrogen) atoms. The van der Waals surface area contributed by atoms with Crippen molar-refractivity contribution in [3.8, 4) is 11.5 Å². The molecule has 1 aromatic carbocycles. The number of nitrogens with zero attached hydrogens (tertiary/aromatic N) is 4. The van der Waals surface area contributed by atoms with E-state index in [-0.39, 0.29) is 17.8 Å². The number of rotatable bonds is 2. The van der Waals surface area contributed by atoms with E-state index in [0.717, 1.165) is 12.8 Å². The van der Waals surface area contributed by atoms with Crippen LogP contribution in [0.15, 0.2) is 28.7 Å². The Balaban J connectivity index is 1.66. The van der Waals surface area contributed by atoms with E-state index in [1.807, 2.05) is 4.90 Å². The fourth-order valence-corrected chi connectivity index (χ4v) is 2.71. The largest absolute Gasteiger partial charge is 0.420 e. The first-order valence-corrected chi connectivity index (χ1v) is 7.60. The highest BCUT2D eigenvalue weighted by Crippen LogP contribution is 2.29. The topological polar surface area (TPSA) is 62.5 Å². The van der Waals surface area contributed by atoms with Crippen molar-refractivity contribution in [1.29, 1.82) is 0 Å². The van der Waals surface area contributed by atoms with Crippen molar-refractivity contribution in [3.63, 3.8) is 0 Å². The number of carbonyl (C=O) groups is 1. The van der Waals surface area contributed by atoms with Gasteiger partial charge in [0.05, 0.1) is 0 Å². The minimum atomic E-state index is -0.300. The molecule has 3 rings (SSSR count). The average molecular weight is 318 g/mol. The summed E-state index contributed by atoms with van der Waals surface area (Å²) in [6.45, 7) is 1.35. The first-order chi connectivity index (χ1) is 11.0. The fourth-order valence-electron chi connectivity index (χ4n) is 2.71. The van der Waals surface area contributed by atoms with Gasteiger partial charge in [0, 0.05) is 38.7 Å². The quantitative estimate of drug-likeness (QED) is 0.854. The first-order valence-electron chi connectivity index (χ1n) is 7.60. The van der Waals surface area contributed by atoms with Gasteiger partial charge in [0.2, 0.25) is 11.8 Å². The summed E-state index contributed by atoms with van der Waals surface area (Å²) in [5.41, 5.74) is 0.699. The van der Waals surface area contributed by atoms with Crippen LogP contribution in [0.5, 0.6) is 0 Å². The second-order valence-electron chi connectivity index (χ2n) is 5.89. The summed E-state index contributed by atoms with van der Waals surface area (Å²) < 4.78 is 18.7. The van der Waals surface area contributed by atoms with Gasteiger partial charge in [-0.25, -0.2) is 9.18 Å². The molecule has 1 aliphatic rings. The van der Waals surface area contributed by atoms with Crippen molar-refractivity contribution in [3.05, 3.63) is 36.0 Å². The van der Waals surface area contributed by atoms with Crippen LogP contribution in [0.3, 0.4) is 0 Å². The van der Waals surface area contributed by atoms with E-state index >= 15 is 0 Å². The van der Waals surface area contributed by atoms with Crippen LogP contribution in [0.2, 0.25) is 0 Å². The predicted octanol–water partition coefficient (Wildman–Crippen LogP) is 2.74. The summed E-state index contributed by atoms with van der Waals surface area (Å²) in [5, 5.41) is 8.17. The summed E-state index contributed by atoms with van der Waals surface area (Å²) in [4.78, 5) is 15.3. The van der Waals surface area contributed by atoms with Gasteiger partial charge in [0.15, 0.2) is 0 Å². The number of urea groups is 1. The second-order valence-corrected chi connectivity index (χ2v) is 5.89. The van der Waals surface area contributed by atoms with Crippen molar-refractivity contribution >= 4 is 6.03 Å². The van der Waals surface area contributed by atoms with Crippen LogP contribution in [0, 0.1) is 5.82 Å². The van der Waals surface area contributed by atoms with E-state index in [1.165, 1.54) is 12.1 Å². The average Bonchev–Trinajstić information content (AvgIpc) is 3.05. The molecule has 0 aliphatic carbocycles. The summed E-state index contributed by atoms with van der Waals surface area (Å²) in [7, 11) is 3.50. The zero-order valence-electron chi connectivity index (χ0n) is 13.2. The highest BCUT2D eigenvalue weighted by atomic mass is 19.1. The Bertz CT molecular complexity index is 676. The SMILES string of the molecule is CN(C)C(=O)N1CCC(c2nnc(-c3ccc(F)cc3)o2)CC1. The highest BCUT2D eigenvalue weighted by Gasteiger charge is 2.28. The number of amides is 2. The second kappa shape index (κ2) is 6.36. The Morgan fingerprint density at radius 3 is 2.48 bits per heavy atom. The zero-order valence-corrected chi connectivity index (χ0v) is 13.2. The Kier molecular flexibility index (Phi) is 4.27. The van der Waals surface area contributed by atoms with Crippen LogP contribution in [-0.4, -0.2) is 53.2 Å². The smallest absolute Gasteiger partial charge is 0.319 e. The predicted molar refractivity (Wildman–Crippen MR) is 82.3 cm³/mol. The van der Waals surface area contributed by atoms with Gasteiger partial charge in [-0.2, -0.15) is 0 Å². The van der Waals surface area contributed by atoms with Gasteiger partial charge < -0.3 is 14.2 Å². The lowest BCUT2D eigenvalue weighted by Crippen LogP contribution is -2.43. The molecule has 6 nitrogen and oxygen atoms in total. The van der Waals surface area contributed by atoms with Crippen molar-refractivity contribution in [2.45, 2.75) is 18.8 Å². The number of carbonyl (C=O) groups excluding carboxylic acids is 1. The van der Waals surface area contributed by atoms with E-state index in [2.05, 4.69) is 10.2 Å². The minimum Gasteiger partial charge on any atom is -0.420 e. The lowest BCUT2D eigenvalue weighted by molar-refractivity contribution is 0.153.